The number of carbonyl (C=O) groups excluding carboxylic acids is 1. The van der Waals surface area contributed by atoms with Gasteiger partial charge in [-0.25, -0.2) is 4.98 Å². The fourth-order valence-electron chi connectivity index (χ4n) is 1.45. The maximum absolute atomic E-state index is 11.9. The largest absolute Gasteiger partial charge is 0.497 e. The van der Waals surface area contributed by atoms with Gasteiger partial charge in [0.05, 0.1) is 18.9 Å². The van der Waals surface area contributed by atoms with E-state index in [4.69, 9.17) is 4.74 Å². The fourth-order valence-corrected chi connectivity index (χ4v) is 1.45. The van der Waals surface area contributed by atoms with Gasteiger partial charge in [0, 0.05) is 25.0 Å². The molecule has 94 valence electrons. The van der Waals surface area contributed by atoms with Crippen LogP contribution in [-0.2, 0) is 6.54 Å². The first-order valence-corrected chi connectivity index (χ1v) is 5.56. The Hall–Kier alpha value is -2.37. The summed E-state index contributed by atoms with van der Waals surface area (Å²) in [4.78, 5) is 15.9. The molecule has 0 radical (unpaired) electrons. The molecule has 2 aromatic rings. The van der Waals surface area contributed by atoms with Gasteiger partial charge < -0.3 is 10.1 Å². The first-order valence-electron chi connectivity index (χ1n) is 5.56. The van der Waals surface area contributed by atoms with E-state index in [1.54, 1.807) is 36.3 Å². The fraction of sp³-hybridized carbons (Fsp3) is 0.250. The third kappa shape index (κ3) is 2.65. The van der Waals surface area contributed by atoms with Gasteiger partial charge in [0.1, 0.15) is 11.6 Å². The summed E-state index contributed by atoms with van der Waals surface area (Å²) >= 11 is 0. The normalized spacial score (nSPS) is 10.1. The molecule has 2 heterocycles. The van der Waals surface area contributed by atoms with Gasteiger partial charge in [-0.1, -0.05) is 0 Å². The van der Waals surface area contributed by atoms with E-state index in [9.17, 15) is 4.79 Å². The van der Waals surface area contributed by atoms with Gasteiger partial charge in [0.2, 0.25) is 0 Å². The van der Waals surface area contributed by atoms with Gasteiger partial charge in [-0.3, -0.25) is 9.48 Å². The average Bonchev–Trinajstić information content (AvgIpc) is 2.88. The Morgan fingerprint density at radius 1 is 1.56 bits per heavy atom. The van der Waals surface area contributed by atoms with Crippen molar-refractivity contribution in [2.45, 2.75) is 13.5 Å². The number of pyridine rings is 1. The standard InChI is InChI=1S/C12H14N4O2/c1-3-16-8-9(7-14-16)12(17)15-11-6-10(18-2)4-5-13-11/h4-8H,3H2,1-2H3,(H,13,15,17). The van der Waals surface area contributed by atoms with E-state index in [0.29, 0.717) is 17.1 Å². The lowest BCUT2D eigenvalue weighted by Gasteiger charge is -2.04. The third-order valence-electron chi connectivity index (χ3n) is 2.43. The molecule has 0 unspecified atom stereocenters. The number of carbonyl (C=O) groups is 1. The molecule has 6 heteroatoms. The van der Waals surface area contributed by atoms with Crippen molar-refractivity contribution < 1.29 is 9.53 Å². The summed E-state index contributed by atoms with van der Waals surface area (Å²) in [5.41, 5.74) is 0.501. The summed E-state index contributed by atoms with van der Waals surface area (Å²) in [5.74, 6) is 0.851. The zero-order valence-electron chi connectivity index (χ0n) is 10.3. The summed E-state index contributed by atoms with van der Waals surface area (Å²) in [6, 6.07) is 3.37. The highest BCUT2D eigenvalue weighted by molar-refractivity contribution is 6.03. The highest BCUT2D eigenvalue weighted by atomic mass is 16.5. The van der Waals surface area contributed by atoms with Gasteiger partial charge in [-0.2, -0.15) is 5.10 Å². The van der Waals surface area contributed by atoms with Gasteiger partial charge in [-0.15, -0.1) is 0 Å². The molecule has 2 aromatic heterocycles. The van der Waals surface area contributed by atoms with Crippen molar-refractivity contribution >= 4 is 11.7 Å². The van der Waals surface area contributed by atoms with Gasteiger partial charge in [0.25, 0.3) is 5.91 Å². The highest BCUT2D eigenvalue weighted by Gasteiger charge is 2.09. The molecule has 0 spiro atoms. The molecular weight excluding hydrogens is 232 g/mol. The number of anilines is 1. The third-order valence-corrected chi connectivity index (χ3v) is 2.43. The Bertz CT molecular complexity index is 551. The molecule has 18 heavy (non-hydrogen) atoms. The van der Waals surface area contributed by atoms with E-state index >= 15 is 0 Å². The minimum atomic E-state index is -0.240. The second kappa shape index (κ2) is 5.31. The number of aryl methyl sites for hydroxylation is 1. The van der Waals surface area contributed by atoms with Crippen LogP contribution in [0.5, 0.6) is 5.75 Å². The van der Waals surface area contributed by atoms with Gasteiger partial charge >= 0.3 is 0 Å². The average molecular weight is 246 g/mol. The van der Waals surface area contributed by atoms with E-state index in [2.05, 4.69) is 15.4 Å². The van der Waals surface area contributed by atoms with Crippen LogP contribution in [0.15, 0.2) is 30.7 Å². The van der Waals surface area contributed by atoms with Crippen LogP contribution in [0.1, 0.15) is 17.3 Å². The van der Waals surface area contributed by atoms with Crippen molar-refractivity contribution in [1.82, 2.24) is 14.8 Å². The molecule has 0 aliphatic rings. The lowest BCUT2D eigenvalue weighted by molar-refractivity contribution is 0.102. The Balaban J connectivity index is 2.10. The van der Waals surface area contributed by atoms with Crippen molar-refractivity contribution in [1.29, 1.82) is 0 Å². The minimum Gasteiger partial charge on any atom is -0.497 e. The lowest BCUT2D eigenvalue weighted by Crippen LogP contribution is -2.12. The molecule has 0 bridgehead atoms. The van der Waals surface area contributed by atoms with Crippen molar-refractivity contribution in [3.63, 3.8) is 0 Å². The first-order chi connectivity index (χ1) is 8.72. The Labute approximate surface area is 105 Å². The number of hydrogen-bond donors (Lipinski definition) is 1. The van der Waals surface area contributed by atoms with Gasteiger partial charge in [-0.05, 0) is 13.0 Å². The summed E-state index contributed by atoms with van der Waals surface area (Å²) in [7, 11) is 1.56. The Morgan fingerprint density at radius 3 is 3.06 bits per heavy atom. The maximum Gasteiger partial charge on any atom is 0.260 e. The van der Waals surface area contributed by atoms with Crippen molar-refractivity contribution in [3.05, 3.63) is 36.3 Å². The summed E-state index contributed by atoms with van der Waals surface area (Å²) in [5, 5.41) is 6.73. The van der Waals surface area contributed by atoms with Crippen LogP contribution in [0.2, 0.25) is 0 Å². The van der Waals surface area contributed by atoms with Crippen molar-refractivity contribution in [2.75, 3.05) is 12.4 Å². The number of methoxy groups -OCH3 is 1. The topological polar surface area (TPSA) is 69.0 Å². The van der Waals surface area contributed by atoms with Crippen LogP contribution in [0.3, 0.4) is 0 Å². The SMILES string of the molecule is CCn1cc(C(=O)Nc2cc(OC)ccn2)cn1. The van der Waals surface area contributed by atoms with E-state index in [-0.39, 0.29) is 5.91 Å². The predicted octanol–water partition coefficient (Wildman–Crippen LogP) is 1.56. The Kier molecular flexibility index (Phi) is 3.57. The molecular formula is C12H14N4O2. The van der Waals surface area contributed by atoms with Crippen LogP contribution in [0, 0.1) is 0 Å². The number of rotatable bonds is 4. The van der Waals surface area contributed by atoms with Crippen LogP contribution in [0.25, 0.3) is 0 Å². The van der Waals surface area contributed by atoms with Crippen LogP contribution in [-0.4, -0.2) is 27.8 Å². The molecule has 0 saturated carbocycles. The quantitative estimate of drug-likeness (QED) is 0.888. The van der Waals surface area contributed by atoms with E-state index in [1.165, 1.54) is 6.20 Å². The number of nitrogens with zero attached hydrogens (tertiary/aromatic N) is 3. The molecule has 0 fully saturated rings. The van der Waals surface area contributed by atoms with E-state index in [1.807, 2.05) is 6.92 Å². The second-order valence-electron chi connectivity index (χ2n) is 3.62. The molecule has 1 N–H and O–H groups in total. The molecule has 6 nitrogen and oxygen atoms in total. The number of amides is 1. The predicted molar refractivity (Wildman–Crippen MR) is 66.6 cm³/mol. The van der Waals surface area contributed by atoms with Crippen molar-refractivity contribution in [2.24, 2.45) is 0 Å². The molecule has 0 atom stereocenters. The maximum atomic E-state index is 11.9. The molecule has 0 aromatic carbocycles. The van der Waals surface area contributed by atoms with E-state index in [0.717, 1.165) is 6.54 Å². The van der Waals surface area contributed by atoms with E-state index < -0.39 is 0 Å². The number of nitrogens with one attached hydrogen (secondary N) is 1. The monoisotopic (exact) mass is 246 g/mol. The summed E-state index contributed by atoms with van der Waals surface area (Å²) < 4.78 is 6.74. The number of ether oxygens (including phenoxy) is 1. The molecule has 0 aliphatic carbocycles. The van der Waals surface area contributed by atoms with Crippen LogP contribution < -0.4 is 10.1 Å². The summed E-state index contributed by atoms with van der Waals surface area (Å²) in [6.45, 7) is 2.68. The van der Waals surface area contributed by atoms with Crippen LogP contribution in [0.4, 0.5) is 5.82 Å². The minimum absolute atomic E-state index is 0.240. The molecule has 1 amide bonds. The molecule has 0 saturated heterocycles. The number of aromatic nitrogens is 3. The molecule has 0 aliphatic heterocycles. The highest BCUT2D eigenvalue weighted by Crippen LogP contribution is 2.14. The zero-order chi connectivity index (χ0) is 13.0. The first kappa shape index (κ1) is 12.1. The lowest BCUT2D eigenvalue weighted by atomic mass is 10.3. The number of hydrogen-bond acceptors (Lipinski definition) is 4. The molecule has 2 rings (SSSR count). The van der Waals surface area contributed by atoms with Crippen LogP contribution >= 0.6 is 0 Å². The second-order valence-corrected chi connectivity index (χ2v) is 3.62. The Morgan fingerprint density at radius 2 is 2.39 bits per heavy atom. The smallest absolute Gasteiger partial charge is 0.260 e. The summed E-state index contributed by atoms with van der Waals surface area (Å²) in [6.07, 6.45) is 4.79. The zero-order valence-corrected chi connectivity index (χ0v) is 10.3. The van der Waals surface area contributed by atoms with Crippen molar-refractivity contribution in [3.8, 4) is 5.75 Å². The van der Waals surface area contributed by atoms with Gasteiger partial charge in [0.15, 0.2) is 0 Å².